The molecule has 7 heteroatoms. The van der Waals surface area contributed by atoms with Gasteiger partial charge >= 0.3 is 5.97 Å². The van der Waals surface area contributed by atoms with Crippen LogP contribution in [0.25, 0.3) is 0 Å². The average molecular weight is 526 g/mol. The molecule has 0 unspecified atom stereocenters. The van der Waals surface area contributed by atoms with Gasteiger partial charge in [-0.1, -0.05) is 46.3 Å². The summed E-state index contributed by atoms with van der Waals surface area (Å²) in [5, 5.41) is 14.1. The van der Waals surface area contributed by atoms with Crippen LogP contribution in [0, 0.1) is 0 Å². The Morgan fingerprint density at radius 1 is 1.09 bits per heavy atom. The van der Waals surface area contributed by atoms with E-state index in [2.05, 4.69) is 33.4 Å². The lowest BCUT2D eigenvalue weighted by Crippen LogP contribution is -2.28. The lowest BCUT2D eigenvalue weighted by atomic mass is 10.1. The number of hydrogen-bond acceptors (Lipinski definition) is 6. The first-order valence-electron chi connectivity index (χ1n) is 11.3. The maximum absolute atomic E-state index is 11.9. The predicted octanol–water partition coefficient (Wildman–Crippen LogP) is 5.10. The van der Waals surface area contributed by atoms with Crippen LogP contribution in [-0.4, -0.2) is 30.9 Å². The van der Waals surface area contributed by atoms with Gasteiger partial charge in [0, 0.05) is 23.0 Å². The van der Waals surface area contributed by atoms with Gasteiger partial charge in [0.2, 0.25) is 0 Å². The molecule has 0 heterocycles. The monoisotopic (exact) mass is 525 g/mol. The Morgan fingerprint density at radius 2 is 1.88 bits per heavy atom. The molecule has 0 aliphatic heterocycles. The number of esters is 1. The van der Waals surface area contributed by atoms with Crippen molar-refractivity contribution in [3.05, 3.63) is 87.4 Å². The van der Waals surface area contributed by atoms with Gasteiger partial charge < -0.3 is 24.6 Å². The van der Waals surface area contributed by atoms with Crippen molar-refractivity contribution in [1.29, 1.82) is 0 Å². The van der Waals surface area contributed by atoms with E-state index in [-0.39, 0.29) is 18.4 Å². The van der Waals surface area contributed by atoms with Crippen molar-refractivity contribution < 1.29 is 24.1 Å². The van der Waals surface area contributed by atoms with Gasteiger partial charge in [-0.05, 0) is 53.9 Å². The number of rotatable bonds is 9. The zero-order valence-electron chi connectivity index (χ0n) is 19.2. The fraction of sp³-hybridized carbons (Fsp3) is 0.296. The molecule has 0 saturated heterocycles. The van der Waals surface area contributed by atoms with E-state index in [4.69, 9.17) is 14.2 Å². The van der Waals surface area contributed by atoms with E-state index in [1.165, 1.54) is 5.56 Å². The molecule has 1 aliphatic rings. The summed E-state index contributed by atoms with van der Waals surface area (Å²) in [4.78, 5) is 11.9. The van der Waals surface area contributed by atoms with Crippen LogP contribution in [0.4, 0.5) is 0 Å². The Bertz CT molecular complexity index is 1170. The van der Waals surface area contributed by atoms with Crippen LogP contribution < -0.4 is 14.8 Å². The van der Waals surface area contributed by atoms with Crippen molar-refractivity contribution in [2.24, 2.45) is 0 Å². The van der Waals surface area contributed by atoms with Gasteiger partial charge in [0.05, 0.1) is 32.3 Å². The van der Waals surface area contributed by atoms with Gasteiger partial charge in [0.25, 0.3) is 0 Å². The Morgan fingerprint density at radius 3 is 2.68 bits per heavy atom. The third-order valence-corrected chi connectivity index (χ3v) is 6.33. The Kier molecular flexibility index (Phi) is 7.88. The number of benzene rings is 3. The molecular weight excluding hydrogens is 498 g/mol. The number of nitrogens with one attached hydrogen (secondary N) is 1. The van der Waals surface area contributed by atoms with E-state index in [1.54, 1.807) is 26.2 Å². The lowest BCUT2D eigenvalue weighted by Gasteiger charge is -2.20. The van der Waals surface area contributed by atoms with E-state index >= 15 is 0 Å². The number of methoxy groups -OCH3 is 1. The summed E-state index contributed by atoms with van der Waals surface area (Å²) < 4.78 is 17.7. The second-order valence-corrected chi connectivity index (χ2v) is 9.07. The number of ether oxygens (including phenoxy) is 3. The number of aliphatic hydroxyl groups is 1. The molecule has 0 saturated carbocycles. The maximum atomic E-state index is 11.9. The molecule has 0 fully saturated rings. The number of aliphatic hydroxyl groups excluding tert-OH is 1. The van der Waals surface area contributed by atoms with Crippen LogP contribution in [0.1, 0.15) is 35.2 Å². The van der Waals surface area contributed by atoms with Crippen molar-refractivity contribution in [3.63, 3.8) is 0 Å². The van der Waals surface area contributed by atoms with Gasteiger partial charge in [-0.2, -0.15) is 0 Å². The first-order chi connectivity index (χ1) is 16.5. The number of halogens is 1. The Hall–Kier alpha value is -2.87. The second kappa shape index (κ2) is 11.0. The molecule has 178 valence electrons. The molecule has 0 amide bonds. The van der Waals surface area contributed by atoms with Crippen LogP contribution in [0.3, 0.4) is 0 Å². The molecule has 0 bridgehead atoms. The second-order valence-electron chi connectivity index (χ2n) is 8.15. The van der Waals surface area contributed by atoms with Gasteiger partial charge in [-0.25, -0.2) is 0 Å². The van der Waals surface area contributed by atoms with Crippen molar-refractivity contribution in [1.82, 2.24) is 5.32 Å². The summed E-state index contributed by atoms with van der Waals surface area (Å²) in [5.74, 6) is 1.44. The molecule has 4 rings (SSSR count). The van der Waals surface area contributed by atoms with Crippen LogP contribution in [0.2, 0.25) is 0 Å². The highest BCUT2D eigenvalue weighted by atomic mass is 79.9. The van der Waals surface area contributed by atoms with Crippen molar-refractivity contribution in [3.8, 4) is 17.2 Å². The minimum Gasteiger partial charge on any atom is -0.493 e. The smallest absolute Gasteiger partial charge is 0.310 e. The number of fused-ring (bicyclic) bond motifs is 1. The summed E-state index contributed by atoms with van der Waals surface area (Å²) in [6.45, 7) is 2.62. The molecule has 6 nitrogen and oxygen atoms in total. The fourth-order valence-corrected chi connectivity index (χ4v) is 4.64. The first-order valence-corrected chi connectivity index (χ1v) is 12.1. The maximum Gasteiger partial charge on any atom is 0.310 e. The van der Waals surface area contributed by atoms with Gasteiger partial charge in [-0.3, -0.25) is 4.79 Å². The molecular formula is C27H28BrNO5. The third-order valence-electron chi connectivity index (χ3n) is 5.84. The minimum atomic E-state index is -0.478. The molecule has 34 heavy (non-hydrogen) atoms. The zero-order chi connectivity index (χ0) is 24.1. The van der Waals surface area contributed by atoms with E-state index in [9.17, 15) is 9.90 Å². The van der Waals surface area contributed by atoms with Crippen LogP contribution in [0.15, 0.2) is 65.1 Å². The quantitative estimate of drug-likeness (QED) is 0.378. The Labute approximate surface area is 208 Å². The van der Waals surface area contributed by atoms with E-state index < -0.39 is 6.10 Å². The molecule has 3 aromatic rings. The van der Waals surface area contributed by atoms with E-state index in [0.717, 1.165) is 21.2 Å². The highest BCUT2D eigenvalue weighted by Gasteiger charge is 2.30. The summed E-state index contributed by atoms with van der Waals surface area (Å²) >= 11 is 3.55. The highest BCUT2D eigenvalue weighted by molar-refractivity contribution is 9.10. The molecule has 2 N–H and O–H groups in total. The zero-order valence-corrected chi connectivity index (χ0v) is 20.8. The summed E-state index contributed by atoms with van der Waals surface area (Å²) in [7, 11) is 1.58. The fourth-order valence-electron chi connectivity index (χ4n) is 4.23. The summed E-state index contributed by atoms with van der Waals surface area (Å²) in [5.41, 5.74) is 3.99. The van der Waals surface area contributed by atoms with Gasteiger partial charge in [-0.15, -0.1) is 0 Å². The lowest BCUT2D eigenvalue weighted by molar-refractivity contribution is -0.142. The van der Waals surface area contributed by atoms with Gasteiger partial charge in [0.1, 0.15) is 5.75 Å². The third kappa shape index (κ3) is 5.60. The molecule has 0 radical (unpaired) electrons. The summed E-state index contributed by atoms with van der Waals surface area (Å²) in [6.07, 6.45) is 0.316. The number of carbonyl (C=O) groups is 1. The molecule has 3 aromatic carbocycles. The predicted molar refractivity (Wildman–Crippen MR) is 133 cm³/mol. The number of hydrogen-bond donors (Lipinski definition) is 2. The van der Waals surface area contributed by atoms with Crippen molar-refractivity contribution >= 4 is 21.9 Å². The normalized spacial score (nSPS) is 16.7. The Balaban J connectivity index is 1.55. The molecule has 0 spiro atoms. The largest absolute Gasteiger partial charge is 0.493 e. The average Bonchev–Trinajstić information content (AvgIpc) is 3.14. The first kappa shape index (κ1) is 24.3. The van der Waals surface area contributed by atoms with E-state index in [1.807, 2.05) is 36.4 Å². The molecule has 2 atom stereocenters. The van der Waals surface area contributed by atoms with Crippen molar-refractivity contribution in [2.75, 3.05) is 13.7 Å². The molecule has 1 aliphatic carbocycles. The molecule has 0 aromatic heterocycles. The van der Waals surface area contributed by atoms with E-state index in [0.29, 0.717) is 36.8 Å². The number of carbonyl (C=O) groups excluding carboxylic acids is 1. The van der Waals surface area contributed by atoms with Crippen molar-refractivity contribution in [2.45, 2.75) is 38.5 Å². The van der Waals surface area contributed by atoms with Crippen LogP contribution in [-0.2, 0) is 28.9 Å². The van der Waals surface area contributed by atoms with Gasteiger partial charge in [0.15, 0.2) is 11.5 Å². The summed E-state index contributed by atoms with van der Waals surface area (Å²) in [6, 6.07) is 19.2. The SMILES string of the molecule is CCOC(=O)Cc1ccc(OC)c(Oc2ccc(Br)cc2CN[C@H]2c3ccccc3C[C@H]2O)c1. The van der Waals surface area contributed by atoms with Crippen LogP contribution >= 0.6 is 15.9 Å². The topological polar surface area (TPSA) is 77.0 Å². The minimum absolute atomic E-state index is 0.148. The highest BCUT2D eigenvalue weighted by Crippen LogP contribution is 2.36. The standard InChI is InChI=1S/C27H28BrNO5/c1-3-33-26(31)13-17-8-10-24(32-2)25(12-17)34-23-11-9-20(28)14-19(23)16-29-27-21-7-5-4-6-18(21)15-22(27)30/h4-12,14,22,27,29-30H,3,13,15-16H2,1-2H3/t22-,27+/m1/s1. The van der Waals surface area contributed by atoms with Crippen LogP contribution in [0.5, 0.6) is 17.2 Å².